The number of nitriles is 1. The summed E-state index contributed by atoms with van der Waals surface area (Å²) < 4.78 is 10.6. The summed E-state index contributed by atoms with van der Waals surface area (Å²) in [5, 5.41) is 9.22. The highest BCUT2D eigenvalue weighted by Crippen LogP contribution is 2.30. The van der Waals surface area contributed by atoms with Crippen LogP contribution in [0.1, 0.15) is 23.0 Å². The molecule has 1 aromatic carbocycles. The predicted octanol–water partition coefficient (Wildman–Crippen LogP) is 2.96. The Kier molecular flexibility index (Phi) is 4.96. The van der Waals surface area contributed by atoms with Crippen molar-refractivity contribution in [3.8, 4) is 17.4 Å². The van der Waals surface area contributed by atoms with Crippen LogP contribution in [0.2, 0.25) is 0 Å². The van der Waals surface area contributed by atoms with E-state index >= 15 is 0 Å². The van der Waals surface area contributed by atoms with Crippen LogP contribution in [-0.4, -0.2) is 36.8 Å². The lowest BCUT2D eigenvalue weighted by atomic mass is 9.95. The molecular weight excluding hydrogens is 360 g/mol. The molecule has 0 saturated heterocycles. The number of furan rings is 1. The molecule has 0 bridgehead atoms. The Balaban J connectivity index is 2.06. The highest BCUT2D eigenvalue weighted by Gasteiger charge is 2.33. The summed E-state index contributed by atoms with van der Waals surface area (Å²) in [6.07, 6.45) is 1.47. The van der Waals surface area contributed by atoms with Crippen molar-refractivity contribution in [3.05, 3.63) is 64.4 Å². The predicted molar refractivity (Wildman–Crippen MR) is 99.6 cm³/mol. The van der Waals surface area contributed by atoms with Crippen molar-refractivity contribution in [2.24, 2.45) is 0 Å². The summed E-state index contributed by atoms with van der Waals surface area (Å²) in [4.78, 5) is 37.3. The third kappa shape index (κ3) is 3.12. The summed E-state index contributed by atoms with van der Waals surface area (Å²) in [6.45, 7) is 1.55. The van der Waals surface area contributed by atoms with Gasteiger partial charge in [0, 0.05) is 18.2 Å². The molecule has 0 spiro atoms. The van der Waals surface area contributed by atoms with Crippen LogP contribution >= 0.6 is 0 Å². The number of carbonyl (C=O) groups is 3. The zero-order chi connectivity index (χ0) is 20.4. The number of amides is 2. The van der Waals surface area contributed by atoms with Gasteiger partial charge >= 0.3 is 5.97 Å². The number of methoxy groups -OCH3 is 1. The average molecular weight is 376 g/mol. The number of rotatable bonds is 3. The molecule has 0 atom stereocenters. The van der Waals surface area contributed by atoms with Crippen LogP contribution in [-0.2, 0) is 14.3 Å². The maximum absolute atomic E-state index is 12.5. The molecule has 7 heteroatoms. The Morgan fingerprint density at radius 1 is 1.18 bits per heavy atom. The molecule has 7 nitrogen and oxygen atoms in total. The van der Waals surface area contributed by atoms with Gasteiger partial charge in [0.15, 0.2) is 0 Å². The average Bonchev–Trinajstić information content (AvgIpc) is 3.18. The third-order valence-corrected chi connectivity index (χ3v) is 4.46. The van der Waals surface area contributed by atoms with E-state index < -0.39 is 17.8 Å². The zero-order valence-corrected chi connectivity index (χ0v) is 15.5. The number of hydrogen-bond acceptors (Lipinski definition) is 6. The van der Waals surface area contributed by atoms with Crippen molar-refractivity contribution in [1.82, 2.24) is 4.90 Å². The van der Waals surface area contributed by atoms with Crippen LogP contribution in [0.4, 0.5) is 0 Å². The highest BCUT2D eigenvalue weighted by molar-refractivity contribution is 6.19. The summed E-state index contributed by atoms with van der Waals surface area (Å²) in [7, 11) is 2.62. The number of esters is 1. The molecule has 2 heterocycles. The minimum atomic E-state index is -0.630. The van der Waals surface area contributed by atoms with E-state index in [2.05, 4.69) is 0 Å². The van der Waals surface area contributed by atoms with Gasteiger partial charge in [-0.2, -0.15) is 5.26 Å². The summed E-state index contributed by atoms with van der Waals surface area (Å²) >= 11 is 0. The maximum atomic E-state index is 12.5. The molecule has 1 aliphatic rings. The first-order valence-electron chi connectivity index (χ1n) is 8.32. The van der Waals surface area contributed by atoms with Crippen LogP contribution in [0, 0.1) is 11.3 Å². The fourth-order valence-corrected chi connectivity index (χ4v) is 2.90. The summed E-state index contributed by atoms with van der Waals surface area (Å²) in [6, 6.07) is 12.0. The monoisotopic (exact) mass is 376 g/mol. The number of hydrogen-bond donors (Lipinski definition) is 0. The van der Waals surface area contributed by atoms with Gasteiger partial charge in [0.05, 0.1) is 12.7 Å². The molecule has 140 valence electrons. The maximum Gasteiger partial charge on any atom is 0.338 e. The zero-order valence-electron chi connectivity index (χ0n) is 15.5. The summed E-state index contributed by atoms with van der Waals surface area (Å²) in [5.41, 5.74) is 1.30. The molecule has 1 aliphatic heterocycles. The fourth-order valence-electron chi connectivity index (χ4n) is 2.90. The highest BCUT2D eigenvalue weighted by atomic mass is 16.5. The van der Waals surface area contributed by atoms with E-state index in [4.69, 9.17) is 9.15 Å². The number of benzene rings is 1. The van der Waals surface area contributed by atoms with E-state index in [9.17, 15) is 19.6 Å². The Morgan fingerprint density at radius 2 is 1.89 bits per heavy atom. The van der Waals surface area contributed by atoms with Gasteiger partial charge in [-0.25, -0.2) is 4.79 Å². The lowest BCUT2D eigenvalue weighted by molar-refractivity contribution is -0.138. The van der Waals surface area contributed by atoms with Gasteiger partial charge in [0.2, 0.25) is 0 Å². The van der Waals surface area contributed by atoms with Crippen molar-refractivity contribution in [2.75, 3.05) is 14.2 Å². The topological polar surface area (TPSA) is 101 Å². The molecule has 0 unspecified atom stereocenters. The number of likely N-dealkylation sites (N-methyl/N-ethyl adjacent to an activating group) is 1. The SMILES string of the molecule is COC(=O)c1ccccc1-c1ccc(/C=C2/C(=O)N(C)C(=O)C(C#N)=C2C)o1. The summed E-state index contributed by atoms with van der Waals surface area (Å²) in [5.74, 6) is -0.879. The molecule has 28 heavy (non-hydrogen) atoms. The molecule has 0 aliphatic carbocycles. The molecule has 0 saturated carbocycles. The molecule has 0 N–H and O–H groups in total. The van der Waals surface area contributed by atoms with Crippen LogP contribution in [0.25, 0.3) is 17.4 Å². The second kappa shape index (κ2) is 7.37. The Labute approximate surface area is 161 Å². The molecule has 0 radical (unpaired) electrons. The van der Waals surface area contributed by atoms with E-state index in [1.54, 1.807) is 43.3 Å². The fraction of sp³-hybridized carbons (Fsp3) is 0.143. The normalized spacial score (nSPS) is 15.8. The second-order valence-electron chi connectivity index (χ2n) is 6.08. The number of imide groups is 1. The van der Waals surface area contributed by atoms with E-state index in [-0.39, 0.29) is 11.1 Å². The number of carbonyl (C=O) groups excluding carboxylic acids is 3. The molecule has 0 fully saturated rings. The van der Waals surface area contributed by atoms with Crippen molar-refractivity contribution < 1.29 is 23.5 Å². The third-order valence-electron chi connectivity index (χ3n) is 4.46. The van der Waals surface area contributed by atoms with Crippen LogP contribution in [0.5, 0.6) is 0 Å². The first-order chi connectivity index (χ1) is 13.4. The minimum Gasteiger partial charge on any atom is -0.465 e. The molecule has 3 rings (SSSR count). The molecule has 2 aromatic rings. The van der Waals surface area contributed by atoms with Crippen LogP contribution in [0.3, 0.4) is 0 Å². The molecule has 1 aromatic heterocycles. The Morgan fingerprint density at radius 3 is 2.57 bits per heavy atom. The van der Waals surface area contributed by atoms with Gasteiger partial charge in [0.1, 0.15) is 23.2 Å². The second-order valence-corrected chi connectivity index (χ2v) is 6.08. The van der Waals surface area contributed by atoms with Crippen molar-refractivity contribution >= 4 is 23.9 Å². The largest absolute Gasteiger partial charge is 0.465 e. The lowest BCUT2D eigenvalue weighted by Crippen LogP contribution is -2.39. The standard InChI is InChI=1S/C21H16N2O5/c1-12-16(19(24)23(2)20(25)17(12)11-22)10-13-8-9-18(28-13)14-6-4-5-7-15(14)21(26)27-3/h4-10H,1-3H3/b16-10+. The van der Waals surface area contributed by atoms with Gasteiger partial charge in [-0.05, 0) is 36.8 Å². The first-order valence-corrected chi connectivity index (χ1v) is 8.32. The van der Waals surface area contributed by atoms with E-state index in [1.165, 1.54) is 20.2 Å². The smallest absolute Gasteiger partial charge is 0.338 e. The van der Waals surface area contributed by atoms with E-state index in [1.807, 2.05) is 6.07 Å². The lowest BCUT2D eigenvalue weighted by Gasteiger charge is -2.23. The van der Waals surface area contributed by atoms with E-state index in [0.717, 1.165) is 4.90 Å². The van der Waals surface area contributed by atoms with Crippen molar-refractivity contribution in [3.63, 3.8) is 0 Å². The van der Waals surface area contributed by atoms with Gasteiger partial charge in [0.25, 0.3) is 11.8 Å². The van der Waals surface area contributed by atoms with Gasteiger partial charge in [-0.1, -0.05) is 18.2 Å². The van der Waals surface area contributed by atoms with Crippen LogP contribution < -0.4 is 0 Å². The first kappa shape index (κ1) is 18.9. The minimum absolute atomic E-state index is 0.0869. The van der Waals surface area contributed by atoms with E-state index in [0.29, 0.717) is 28.2 Å². The Bertz CT molecular complexity index is 1100. The van der Waals surface area contributed by atoms with Gasteiger partial charge in [-0.15, -0.1) is 0 Å². The van der Waals surface area contributed by atoms with Gasteiger partial charge in [-0.3, -0.25) is 14.5 Å². The molecular formula is C21H16N2O5. The number of nitrogens with zero attached hydrogens (tertiary/aromatic N) is 2. The Hall–Kier alpha value is -3.92. The van der Waals surface area contributed by atoms with Crippen LogP contribution in [0.15, 0.2) is 57.5 Å². The van der Waals surface area contributed by atoms with Crippen molar-refractivity contribution in [1.29, 1.82) is 5.26 Å². The quantitative estimate of drug-likeness (QED) is 0.464. The molecule has 2 amide bonds. The number of ether oxygens (including phenoxy) is 1. The van der Waals surface area contributed by atoms with Gasteiger partial charge < -0.3 is 9.15 Å². The van der Waals surface area contributed by atoms with Crippen molar-refractivity contribution in [2.45, 2.75) is 6.92 Å².